The maximum absolute atomic E-state index is 12.2. The number of amides is 1. The number of pyridine rings is 1. The Balaban J connectivity index is 1.34. The van der Waals surface area contributed by atoms with E-state index in [1.165, 1.54) is 22.3 Å². The standard InChI is InChI=1S/C24H22N2O3/c1-28-23-17(8-6-14-25-23)9-7-15-26-24(27)29-16-22-20-12-4-2-10-18(20)19-11-3-5-13-21(19)22/h2-14,22H,15-16H2,1H3,(H,26,27). The minimum atomic E-state index is -0.435. The first-order chi connectivity index (χ1) is 14.3. The highest BCUT2D eigenvalue weighted by Crippen LogP contribution is 2.44. The molecule has 3 aromatic rings. The molecule has 0 bridgehead atoms. The van der Waals surface area contributed by atoms with E-state index < -0.39 is 6.09 Å². The summed E-state index contributed by atoms with van der Waals surface area (Å²) in [6.45, 7) is 0.661. The lowest BCUT2D eigenvalue weighted by molar-refractivity contribution is 0.144. The van der Waals surface area contributed by atoms with Crippen LogP contribution in [0.15, 0.2) is 72.9 Å². The van der Waals surface area contributed by atoms with Gasteiger partial charge in [-0.15, -0.1) is 0 Å². The van der Waals surface area contributed by atoms with Crippen molar-refractivity contribution in [2.24, 2.45) is 0 Å². The summed E-state index contributed by atoms with van der Waals surface area (Å²) in [7, 11) is 1.58. The molecular formula is C24H22N2O3. The summed E-state index contributed by atoms with van der Waals surface area (Å²) in [5.41, 5.74) is 5.68. The van der Waals surface area contributed by atoms with Crippen LogP contribution in [-0.2, 0) is 4.74 Å². The number of carbonyl (C=O) groups is 1. The van der Waals surface area contributed by atoms with Gasteiger partial charge in [0.2, 0.25) is 5.88 Å². The number of methoxy groups -OCH3 is 1. The molecule has 0 saturated heterocycles. The zero-order valence-electron chi connectivity index (χ0n) is 16.2. The molecule has 1 aliphatic rings. The van der Waals surface area contributed by atoms with Crippen molar-refractivity contribution in [2.75, 3.05) is 20.3 Å². The van der Waals surface area contributed by atoms with Gasteiger partial charge in [0.25, 0.3) is 0 Å². The number of carbonyl (C=O) groups excluding carboxylic acids is 1. The van der Waals surface area contributed by atoms with Gasteiger partial charge in [-0.3, -0.25) is 0 Å². The molecule has 2 aromatic carbocycles. The monoisotopic (exact) mass is 386 g/mol. The van der Waals surface area contributed by atoms with Crippen LogP contribution in [0.2, 0.25) is 0 Å². The summed E-state index contributed by atoms with van der Waals surface area (Å²) >= 11 is 0. The van der Waals surface area contributed by atoms with E-state index in [1.807, 2.05) is 48.6 Å². The molecule has 1 amide bonds. The maximum atomic E-state index is 12.2. The summed E-state index contributed by atoms with van der Waals surface area (Å²) in [6.07, 6.45) is 4.93. The summed E-state index contributed by atoms with van der Waals surface area (Å²) < 4.78 is 10.7. The first-order valence-electron chi connectivity index (χ1n) is 9.52. The number of ether oxygens (including phenoxy) is 2. The Kier molecular flexibility index (Phi) is 5.56. The molecule has 1 N–H and O–H groups in total. The Morgan fingerprint density at radius 2 is 1.72 bits per heavy atom. The number of alkyl carbamates (subject to hydrolysis) is 1. The topological polar surface area (TPSA) is 60.5 Å². The van der Waals surface area contributed by atoms with E-state index in [4.69, 9.17) is 9.47 Å². The highest BCUT2D eigenvalue weighted by molar-refractivity contribution is 5.79. The largest absolute Gasteiger partial charge is 0.481 e. The molecule has 4 rings (SSSR count). The van der Waals surface area contributed by atoms with Gasteiger partial charge in [-0.2, -0.15) is 0 Å². The molecule has 5 heteroatoms. The number of benzene rings is 2. The van der Waals surface area contributed by atoms with E-state index in [-0.39, 0.29) is 5.92 Å². The molecule has 0 radical (unpaired) electrons. The molecule has 5 nitrogen and oxygen atoms in total. The van der Waals surface area contributed by atoms with Gasteiger partial charge in [0.05, 0.1) is 7.11 Å². The maximum Gasteiger partial charge on any atom is 0.407 e. The Hall–Kier alpha value is -3.60. The van der Waals surface area contributed by atoms with Gasteiger partial charge in [0, 0.05) is 24.2 Å². The molecule has 146 valence electrons. The molecule has 0 fully saturated rings. The number of fused-ring (bicyclic) bond motifs is 3. The van der Waals surface area contributed by atoms with Crippen LogP contribution < -0.4 is 10.1 Å². The number of aromatic nitrogens is 1. The third-order valence-electron chi connectivity index (χ3n) is 5.00. The van der Waals surface area contributed by atoms with Crippen LogP contribution in [0.25, 0.3) is 17.2 Å². The second-order valence-corrected chi connectivity index (χ2v) is 6.71. The van der Waals surface area contributed by atoms with Crippen LogP contribution in [0.3, 0.4) is 0 Å². The van der Waals surface area contributed by atoms with Crippen molar-refractivity contribution in [3.8, 4) is 17.0 Å². The van der Waals surface area contributed by atoms with Crippen LogP contribution >= 0.6 is 0 Å². The molecule has 29 heavy (non-hydrogen) atoms. The zero-order valence-corrected chi connectivity index (χ0v) is 16.2. The molecule has 0 spiro atoms. The molecule has 1 aliphatic carbocycles. The minimum absolute atomic E-state index is 0.0587. The van der Waals surface area contributed by atoms with Crippen LogP contribution in [0, 0.1) is 0 Å². The van der Waals surface area contributed by atoms with E-state index in [9.17, 15) is 4.79 Å². The van der Waals surface area contributed by atoms with Crippen molar-refractivity contribution in [3.05, 3.63) is 89.6 Å². The van der Waals surface area contributed by atoms with E-state index in [1.54, 1.807) is 13.3 Å². The number of nitrogens with zero attached hydrogens (tertiary/aromatic N) is 1. The van der Waals surface area contributed by atoms with E-state index in [0.717, 1.165) is 5.56 Å². The van der Waals surface area contributed by atoms with Crippen molar-refractivity contribution in [3.63, 3.8) is 0 Å². The fraction of sp³-hybridized carbons (Fsp3) is 0.167. The van der Waals surface area contributed by atoms with Gasteiger partial charge < -0.3 is 14.8 Å². The van der Waals surface area contributed by atoms with Crippen molar-refractivity contribution in [2.45, 2.75) is 5.92 Å². The second kappa shape index (κ2) is 8.61. The highest BCUT2D eigenvalue weighted by atomic mass is 16.5. The Labute approximate surface area is 170 Å². The van der Waals surface area contributed by atoms with Gasteiger partial charge in [0.1, 0.15) is 6.61 Å². The van der Waals surface area contributed by atoms with Crippen LogP contribution in [-0.4, -0.2) is 31.3 Å². The molecule has 0 unspecified atom stereocenters. The zero-order chi connectivity index (χ0) is 20.1. The van der Waals surface area contributed by atoms with E-state index in [0.29, 0.717) is 19.0 Å². The number of hydrogen-bond acceptors (Lipinski definition) is 4. The fourth-order valence-electron chi connectivity index (χ4n) is 3.68. The smallest absolute Gasteiger partial charge is 0.407 e. The Morgan fingerprint density at radius 3 is 2.41 bits per heavy atom. The average molecular weight is 386 g/mol. The molecule has 0 atom stereocenters. The lowest BCUT2D eigenvalue weighted by Gasteiger charge is -2.14. The predicted molar refractivity (Wildman–Crippen MR) is 113 cm³/mol. The molecule has 1 aromatic heterocycles. The normalized spacial score (nSPS) is 12.4. The van der Waals surface area contributed by atoms with Gasteiger partial charge in [-0.1, -0.05) is 60.7 Å². The van der Waals surface area contributed by atoms with Crippen molar-refractivity contribution in [1.29, 1.82) is 0 Å². The molecule has 1 heterocycles. The average Bonchev–Trinajstić information content (AvgIpc) is 3.09. The first kappa shape index (κ1) is 18.7. The van der Waals surface area contributed by atoms with E-state index >= 15 is 0 Å². The quantitative estimate of drug-likeness (QED) is 0.670. The molecule has 0 saturated carbocycles. The highest BCUT2D eigenvalue weighted by Gasteiger charge is 2.28. The lowest BCUT2D eigenvalue weighted by Crippen LogP contribution is -2.26. The third kappa shape index (κ3) is 3.99. The van der Waals surface area contributed by atoms with Gasteiger partial charge in [-0.25, -0.2) is 9.78 Å². The van der Waals surface area contributed by atoms with Crippen molar-refractivity contribution < 1.29 is 14.3 Å². The number of hydrogen-bond donors (Lipinski definition) is 1. The summed E-state index contributed by atoms with van der Waals surface area (Å²) in [6, 6.07) is 20.3. The van der Waals surface area contributed by atoms with E-state index in [2.05, 4.69) is 34.6 Å². The second-order valence-electron chi connectivity index (χ2n) is 6.71. The van der Waals surface area contributed by atoms with Crippen LogP contribution in [0.1, 0.15) is 22.6 Å². The van der Waals surface area contributed by atoms with Crippen molar-refractivity contribution in [1.82, 2.24) is 10.3 Å². The third-order valence-corrected chi connectivity index (χ3v) is 5.00. The van der Waals surface area contributed by atoms with Gasteiger partial charge >= 0.3 is 6.09 Å². The number of rotatable bonds is 6. The predicted octanol–water partition coefficient (Wildman–Crippen LogP) is 4.64. The van der Waals surface area contributed by atoms with Crippen molar-refractivity contribution >= 4 is 12.2 Å². The minimum Gasteiger partial charge on any atom is -0.481 e. The SMILES string of the molecule is COc1ncccc1C=CCNC(=O)OCC1c2ccccc2-c2ccccc21. The summed E-state index contributed by atoms with van der Waals surface area (Å²) in [5.74, 6) is 0.605. The fourth-order valence-corrected chi connectivity index (χ4v) is 3.68. The van der Waals surface area contributed by atoms with Crippen LogP contribution in [0.4, 0.5) is 4.79 Å². The Morgan fingerprint density at radius 1 is 1.03 bits per heavy atom. The summed E-state index contributed by atoms with van der Waals surface area (Å²) in [4.78, 5) is 16.3. The number of nitrogens with one attached hydrogen (secondary N) is 1. The first-order valence-corrected chi connectivity index (χ1v) is 9.52. The molecular weight excluding hydrogens is 364 g/mol. The summed E-state index contributed by atoms with van der Waals surface area (Å²) in [5, 5.41) is 2.75. The van der Waals surface area contributed by atoms with Gasteiger partial charge in [0.15, 0.2) is 0 Å². The van der Waals surface area contributed by atoms with Gasteiger partial charge in [-0.05, 0) is 34.4 Å². The van der Waals surface area contributed by atoms with Crippen LogP contribution in [0.5, 0.6) is 5.88 Å². The lowest BCUT2D eigenvalue weighted by atomic mass is 9.98. The Bertz CT molecular complexity index is 1000. The molecule has 0 aliphatic heterocycles.